The number of carbonyl (C=O) groups excluding carboxylic acids is 1. The Hall–Kier alpha value is -1.92. The molecule has 124 valence electrons. The van der Waals surface area contributed by atoms with Gasteiger partial charge in [-0.15, -0.1) is 11.8 Å². The average molecular weight is 360 g/mol. The van der Waals surface area contributed by atoms with Crippen LogP contribution in [-0.4, -0.2) is 16.6 Å². The summed E-state index contributed by atoms with van der Waals surface area (Å²) in [5.41, 5.74) is 3.26. The summed E-state index contributed by atoms with van der Waals surface area (Å²) in [6.07, 6.45) is 0.385. The monoisotopic (exact) mass is 360 g/mol. The molecule has 6 heteroatoms. The molecule has 0 unspecified atom stereocenters. The number of anilines is 1. The van der Waals surface area contributed by atoms with Crippen LogP contribution in [0.1, 0.15) is 17.5 Å². The number of hydrogen-bond acceptors (Lipinski definition) is 4. The van der Waals surface area contributed by atoms with E-state index in [0.717, 1.165) is 20.7 Å². The lowest BCUT2D eigenvalue weighted by Crippen LogP contribution is -2.11. The van der Waals surface area contributed by atoms with Gasteiger partial charge in [0.1, 0.15) is 5.82 Å². The van der Waals surface area contributed by atoms with Gasteiger partial charge in [-0.1, -0.05) is 17.4 Å². The number of aryl methyl sites for hydroxylation is 2. The van der Waals surface area contributed by atoms with E-state index in [2.05, 4.69) is 29.4 Å². The van der Waals surface area contributed by atoms with Crippen molar-refractivity contribution in [3.63, 3.8) is 0 Å². The first-order valence-corrected chi connectivity index (χ1v) is 9.37. The first-order chi connectivity index (χ1) is 11.5. The molecule has 0 saturated carbocycles. The van der Waals surface area contributed by atoms with Crippen molar-refractivity contribution in [3.8, 4) is 0 Å². The molecule has 1 N–H and O–H groups in total. The van der Waals surface area contributed by atoms with E-state index >= 15 is 0 Å². The highest BCUT2D eigenvalue weighted by Crippen LogP contribution is 2.29. The van der Waals surface area contributed by atoms with Crippen molar-refractivity contribution in [2.24, 2.45) is 0 Å². The Labute approximate surface area is 148 Å². The van der Waals surface area contributed by atoms with Gasteiger partial charge in [0.25, 0.3) is 0 Å². The van der Waals surface area contributed by atoms with Crippen molar-refractivity contribution in [2.75, 3.05) is 11.1 Å². The number of thiazole rings is 1. The molecule has 0 aliphatic heterocycles. The predicted molar refractivity (Wildman–Crippen MR) is 99.5 cm³/mol. The molecule has 1 amide bonds. The van der Waals surface area contributed by atoms with Gasteiger partial charge in [-0.2, -0.15) is 0 Å². The van der Waals surface area contributed by atoms with E-state index in [9.17, 15) is 9.18 Å². The fraction of sp³-hybridized carbons (Fsp3) is 0.222. The van der Waals surface area contributed by atoms with E-state index in [1.807, 2.05) is 6.92 Å². The fourth-order valence-corrected chi connectivity index (χ4v) is 4.31. The average Bonchev–Trinajstić information content (AvgIpc) is 2.92. The van der Waals surface area contributed by atoms with Gasteiger partial charge in [-0.3, -0.25) is 4.79 Å². The maximum Gasteiger partial charge on any atom is 0.226 e. The van der Waals surface area contributed by atoms with Crippen LogP contribution >= 0.6 is 23.1 Å². The lowest BCUT2D eigenvalue weighted by Gasteiger charge is -2.02. The Morgan fingerprint density at radius 3 is 2.75 bits per heavy atom. The van der Waals surface area contributed by atoms with Crippen molar-refractivity contribution in [3.05, 3.63) is 53.3 Å². The Morgan fingerprint density at radius 2 is 2.00 bits per heavy atom. The minimum atomic E-state index is -0.251. The van der Waals surface area contributed by atoms with Crippen molar-refractivity contribution in [1.82, 2.24) is 4.98 Å². The molecule has 1 aromatic heterocycles. The summed E-state index contributed by atoms with van der Waals surface area (Å²) in [4.78, 5) is 17.5. The van der Waals surface area contributed by atoms with Crippen LogP contribution in [0.15, 0.2) is 41.3 Å². The molecule has 0 spiro atoms. The lowest BCUT2D eigenvalue weighted by molar-refractivity contribution is -0.115. The first-order valence-electron chi connectivity index (χ1n) is 7.57. The predicted octanol–water partition coefficient (Wildman–Crippen LogP) is 5.17. The normalized spacial score (nSPS) is 11.0. The molecule has 24 heavy (non-hydrogen) atoms. The standard InChI is InChI=1S/C18H17FN2OS2/c1-11-9-12(2)17-15(10-11)24-18(21-17)20-16(22)7-8-23-14-5-3-13(19)4-6-14/h3-6,9-10H,7-8H2,1-2H3,(H,20,21,22). The minimum absolute atomic E-state index is 0.0574. The Bertz CT molecular complexity index is 875. The van der Waals surface area contributed by atoms with Crippen molar-refractivity contribution in [1.29, 1.82) is 0 Å². The minimum Gasteiger partial charge on any atom is -0.302 e. The van der Waals surface area contributed by atoms with Crippen LogP contribution in [0.3, 0.4) is 0 Å². The third-order valence-corrected chi connectivity index (χ3v) is 5.42. The van der Waals surface area contributed by atoms with Crippen LogP contribution in [-0.2, 0) is 4.79 Å². The van der Waals surface area contributed by atoms with Crippen molar-refractivity contribution < 1.29 is 9.18 Å². The van der Waals surface area contributed by atoms with E-state index in [0.29, 0.717) is 17.3 Å². The van der Waals surface area contributed by atoms with E-state index in [-0.39, 0.29) is 11.7 Å². The second-order valence-electron chi connectivity index (χ2n) is 5.55. The van der Waals surface area contributed by atoms with Gasteiger partial charge < -0.3 is 5.32 Å². The second kappa shape index (κ2) is 7.32. The smallest absolute Gasteiger partial charge is 0.226 e. The largest absolute Gasteiger partial charge is 0.302 e. The maximum atomic E-state index is 12.8. The van der Waals surface area contributed by atoms with Gasteiger partial charge in [-0.25, -0.2) is 9.37 Å². The topological polar surface area (TPSA) is 42.0 Å². The van der Waals surface area contributed by atoms with Crippen LogP contribution < -0.4 is 5.32 Å². The zero-order valence-electron chi connectivity index (χ0n) is 13.4. The molecule has 3 rings (SSSR count). The number of halogens is 1. The quantitative estimate of drug-likeness (QED) is 0.638. The van der Waals surface area contributed by atoms with Gasteiger partial charge >= 0.3 is 0 Å². The number of benzene rings is 2. The number of hydrogen-bond donors (Lipinski definition) is 1. The Balaban J connectivity index is 1.57. The number of fused-ring (bicyclic) bond motifs is 1. The first kappa shape index (κ1) is 16.9. The SMILES string of the molecule is Cc1cc(C)c2nc(NC(=O)CCSc3ccc(F)cc3)sc2c1. The number of amides is 1. The molecule has 3 aromatic rings. The number of rotatable bonds is 5. The van der Waals surface area contributed by atoms with Gasteiger partial charge in [0, 0.05) is 17.1 Å². The molecular formula is C18H17FN2OS2. The zero-order chi connectivity index (χ0) is 17.1. The van der Waals surface area contributed by atoms with Gasteiger partial charge in [-0.05, 0) is 55.3 Å². The second-order valence-corrected chi connectivity index (χ2v) is 7.75. The van der Waals surface area contributed by atoms with E-state index in [4.69, 9.17) is 0 Å². The highest BCUT2D eigenvalue weighted by molar-refractivity contribution is 7.99. The number of carbonyl (C=O) groups is 1. The molecule has 0 aliphatic rings. The summed E-state index contributed by atoms with van der Waals surface area (Å²) in [6.45, 7) is 4.08. The van der Waals surface area contributed by atoms with Crippen LogP contribution in [0.25, 0.3) is 10.2 Å². The van der Waals surface area contributed by atoms with Crippen LogP contribution in [0.2, 0.25) is 0 Å². The molecule has 0 fully saturated rings. The fourth-order valence-electron chi connectivity index (χ4n) is 2.40. The summed E-state index contributed by atoms with van der Waals surface area (Å²) in [6, 6.07) is 10.5. The highest BCUT2D eigenvalue weighted by atomic mass is 32.2. The number of aromatic nitrogens is 1. The molecular weight excluding hydrogens is 343 g/mol. The van der Waals surface area contributed by atoms with Crippen LogP contribution in [0.4, 0.5) is 9.52 Å². The Kier molecular flexibility index (Phi) is 5.16. The summed E-state index contributed by atoms with van der Waals surface area (Å²) in [7, 11) is 0. The van der Waals surface area contributed by atoms with Gasteiger partial charge in [0.2, 0.25) is 5.91 Å². The van der Waals surface area contributed by atoms with Crippen LogP contribution in [0, 0.1) is 19.7 Å². The number of nitrogens with zero attached hydrogens (tertiary/aromatic N) is 1. The molecule has 3 nitrogen and oxygen atoms in total. The highest BCUT2D eigenvalue weighted by Gasteiger charge is 2.10. The molecule has 2 aromatic carbocycles. The van der Waals surface area contributed by atoms with Crippen LogP contribution in [0.5, 0.6) is 0 Å². The number of nitrogens with one attached hydrogen (secondary N) is 1. The van der Waals surface area contributed by atoms with Crippen molar-refractivity contribution >= 4 is 44.4 Å². The van der Waals surface area contributed by atoms with E-state index in [1.54, 1.807) is 12.1 Å². The van der Waals surface area contributed by atoms with Gasteiger partial charge in [0.15, 0.2) is 5.13 Å². The molecule has 0 atom stereocenters. The third kappa shape index (κ3) is 4.13. The summed E-state index contributed by atoms with van der Waals surface area (Å²) in [5.74, 6) is 0.331. The Morgan fingerprint density at radius 1 is 1.25 bits per heavy atom. The summed E-state index contributed by atoms with van der Waals surface area (Å²) in [5, 5.41) is 3.50. The maximum absolute atomic E-state index is 12.8. The van der Waals surface area contributed by atoms with E-state index in [1.165, 1.54) is 40.8 Å². The van der Waals surface area contributed by atoms with Crippen molar-refractivity contribution in [2.45, 2.75) is 25.2 Å². The number of thioether (sulfide) groups is 1. The lowest BCUT2D eigenvalue weighted by atomic mass is 10.1. The van der Waals surface area contributed by atoms with E-state index < -0.39 is 0 Å². The molecule has 0 saturated heterocycles. The van der Waals surface area contributed by atoms with Gasteiger partial charge in [0.05, 0.1) is 10.2 Å². The molecule has 0 bridgehead atoms. The molecule has 0 aliphatic carbocycles. The third-order valence-electron chi connectivity index (χ3n) is 3.49. The molecule has 1 heterocycles. The summed E-state index contributed by atoms with van der Waals surface area (Å²) >= 11 is 3.03. The summed E-state index contributed by atoms with van der Waals surface area (Å²) < 4.78 is 13.9. The molecule has 0 radical (unpaired) electrons. The zero-order valence-corrected chi connectivity index (χ0v) is 15.1.